The lowest BCUT2D eigenvalue weighted by molar-refractivity contribution is -0.136. The van der Waals surface area contributed by atoms with Gasteiger partial charge in [0.2, 0.25) is 5.91 Å². The number of carbonyl (C=O) groups is 1. The van der Waals surface area contributed by atoms with Crippen LogP contribution >= 0.6 is 0 Å². The summed E-state index contributed by atoms with van der Waals surface area (Å²) >= 11 is 0. The zero-order chi connectivity index (χ0) is 27.5. The van der Waals surface area contributed by atoms with Gasteiger partial charge in [-0.1, -0.05) is 45.9 Å². The minimum Gasteiger partial charge on any atom is -0.396 e. The molecule has 1 atom stereocenters. The van der Waals surface area contributed by atoms with E-state index in [2.05, 4.69) is 69.0 Å². The molecular weight excluding hydrogens is 476 g/mol. The molecule has 1 amide bonds. The van der Waals surface area contributed by atoms with Crippen molar-refractivity contribution in [1.29, 1.82) is 0 Å². The summed E-state index contributed by atoms with van der Waals surface area (Å²) in [5.41, 5.74) is 11.3. The first-order chi connectivity index (χ1) is 18.1. The number of amides is 1. The summed E-state index contributed by atoms with van der Waals surface area (Å²) in [6.45, 7) is 11.3. The van der Waals surface area contributed by atoms with Crippen LogP contribution in [-0.2, 0) is 15.6 Å². The first-order valence-electron chi connectivity index (χ1n) is 14.2. The van der Waals surface area contributed by atoms with E-state index in [0.29, 0.717) is 13.0 Å². The molecule has 1 saturated heterocycles. The number of aliphatic hydroxyl groups is 2. The SMILES string of the molecule is CC1(C)CCC(C)(C)c2cc(-c3cccc(N4CCC(N(CCCCO)C(=O)[C@@H](N)CO)CC4)n3)ccc21. The average molecular weight is 523 g/mol. The second kappa shape index (κ2) is 11.7. The van der Waals surface area contributed by atoms with Gasteiger partial charge in [-0.05, 0) is 78.7 Å². The molecule has 7 heteroatoms. The van der Waals surface area contributed by atoms with E-state index in [1.54, 1.807) is 0 Å². The third kappa shape index (κ3) is 6.05. The standard InChI is InChI=1S/C31H46N4O3/c1-30(2)14-15-31(3,4)25-20-22(10-11-24(25)30)27-8-7-9-28(33-27)34-17-12-23(13-18-34)35(16-5-6-19-36)29(38)26(32)21-37/h7-11,20,23,26,36-37H,5-6,12-19,21,32H2,1-4H3/t26-/m0/s1. The summed E-state index contributed by atoms with van der Waals surface area (Å²) in [7, 11) is 0. The Labute approximate surface area is 228 Å². The first-order valence-corrected chi connectivity index (χ1v) is 14.2. The molecule has 0 unspecified atom stereocenters. The summed E-state index contributed by atoms with van der Waals surface area (Å²) in [5, 5.41) is 18.6. The summed E-state index contributed by atoms with van der Waals surface area (Å²) in [5.74, 6) is 0.756. The quantitative estimate of drug-likeness (QED) is 0.431. The van der Waals surface area contributed by atoms with E-state index < -0.39 is 6.04 Å². The van der Waals surface area contributed by atoms with Crippen molar-refractivity contribution in [2.45, 2.75) is 89.1 Å². The molecule has 2 aliphatic rings. The summed E-state index contributed by atoms with van der Waals surface area (Å²) in [4.78, 5) is 22.1. The highest BCUT2D eigenvalue weighted by Crippen LogP contribution is 2.46. The summed E-state index contributed by atoms with van der Waals surface area (Å²) in [6, 6.07) is 12.3. The van der Waals surface area contributed by atoms with E-state index in [0.717, 1.165) is 49.4 Å². The first kappa shape index (κ1) is 28.5. The predicted molar refractivity (Wildman–Crippen MR) is 153 cm³/mol. The second-order valence-corrected chi connectivity index (χ2v) is 12.4. The van der Waals surface area contributed by atoms with E-state index in [1.807, 2.05) is 4.90 Å². The number of anilines is 1. The molecule has 0 radical (unpaired) electrons. The fraction of sp³-hybridized carbons (Fsp3) is 0.613. The number of nitrogens with two attached hydrogens (primary N) is 1. The Morgan fingerprint density at radius 2 is 1.74 bits per heavy atom. The van der Waals surface area contributed by atoms with Crippen LogP contribution in [0.25, 0.3) is 11.3 Å². The summed E-state index contributed by atoms with van der Waals surface area (Å²) < 4.78 is 0. The van der Waals surface area contributed by atoms with Crippen molar-refractivity contribution in [2.24, 2.45) is 5.73 Å². The third-order valence-corrected chi connectivity index (χ3v) is 8.72. The third-order valence-electron chi connectivity index (χ3n) is 8.72. The molecule has 7 nitrogen and oxygen atoms in total. The highest BCUT2D eigenvalue weighted by molar-refractivity contribution is 5.82. The van der Waals surface area contributed by atoms with Gasteiger partial charge in [-0.25, -0.2) is 4.98 Å². The Kier molecular flexibility index (Phi) is 8.80. The van der Waals surface area contributed by atoms with Gasteiger partial charge in [0.1, 0.15) is 11.9 Å². The molecule has 0 spiro atoms. The van der Waals surface area contributed by atoms with E-state index in [4.69, 9.17) is 10.7 Å². The molecular formula is C31H46N4O3. The number of rotatable bonds is 9. The molecule has 38 heavy (non-hydrogen) atoms. The molecule has 0 saturated carbocycles. The molecule has 208 valence electrons. The fourth-order valence-corrected chi connectivity index (χ4v) is 6.07. The topological polar surface area (TPSA) is 103 Å². The van der Waals surface area contributed by atoms with E-state index in [1.165, 1.54) is 24.0 Å². The number of unbranched alkanes of at least 4 members (excludes halogenated alkanes) is 1. The van der Waals surface area contributed by atoms with Crippen molar-refractivity contribution >= 4 is 11.7 Å². The van der Waals surface area contributed by atoms with E-state index in [9.17, 15) is 15.0 Å². The largest absolute Gasteiger partial charge is 0.396 e. The van der Waals surface area contributed by atoms with Crippen molar-refractivity contribution in [3.8, 4) is 11.3 Å². The molecule has 4 N–H and O–H groups in total. The second-order valence-electron chi connectivity index (χ2n) is 12.4. The number of aromatic nitrogens is 1. The number of benzene rings is 1. The molecule has 2 aromatic rings. The van der Waals surface area contributed by atoms with Gasteiger partial charge >= 0.3 is 0 Å². The van der Waals surface area contributed by atoms with Crippen LogP contribution in [0.1, 0.15) is 77.3 Å². The Hall–Kier alpha value is -2.48. The van der Waals surface area contributed by atoms with Gasteiger partial charge in [0.25, 0.3) is 0 Å². The average Bonchev–Trinajstić information content (AvgIpc) is 2.93. The number of aliphatic hydroxyl groups excluding tert-OH is 2. The number of hydrogen-bond acceptors (Lipinski definition) is 6. The lowest BCUT2D eigenvalue weighted by atomic mass is 9.63. The Morgan fingerprint density at radius 3 is 2.39 bits per heavy atom. The highest BCUT2D eigenvalue weighted by atomic mass is 16.3. The van der Waals surface area contributed by atoms with Crippen LogP contribution in [0, 0.1) is 0 Å². The number of carbonyl (C=O) groups excluding carboxylic acids is 1. The predicted octanol–water partition coefficient (Wildman–Crippen LogP) is 3.99. The van der Waals surface area contributed by atoms with E-state index >= 15 is 0 Å². The monoisotopic (exact) mass is 522 g/mol. The molecule has 1 fully saturated rings. The Bertz CT molecular complexity index is 1110. The molecule has 1 aliphatic heterocycles. The lowest BCUT2D eigenvalue weighted by Crippen LogP contribution is -2.53. The van der Waals surface area contributed by atoms with Crippen LogP contribution in [0.2, 0.25) is 0 Å². The van der Waals surface area contributed by atoms with Gasteiger partial charge in [-0.2, -0.15) is 0 Å². The zero-order valence-electron chi connectivity index (χ0n) is 23.6. The molecule has 1 aromatic carbocycles. The van der Waals surface area contributed by atoms with Crippen LogP contribution in [-0.4, -0.2) is 70.9 Å². The van der Waals surface area contributed by atoms with Crippen LogP contribution in [0.4, 0.5) is 5.82 Å². The van der Waals surface area contributed by atoms with Gasteiger partial charge in [0.05, 0.1) is 12.3 Å². The van der Waals surface area contributed by atoms with Crippen molar-refractivity contribution in [2.75, 3.05) is 37.7 Å². The maximum Gasteiger partial charge on any atom is 0.242 e. The van der Waals surface area contributed by atoms with Crippen LogP contribution in [0.5, 0.6) is 0 Å². The van der Waals surface area contributed by atoms with Gasteiger partial charge in [-0.3, -0.25) is 4.79 Å². The Balaban J connectivity index is 1.49. The lowest BCUT2D eigenvalue weighted by Gasteiger charge is -2.42. The van der Waals surface area contributed by atoms with E-state index in [-0.39, 0.29) is 36.0 Å². The molecule has 1 aromatic heterocycles. The van der Waals surface area contributed by atoms with Gasteiger partial charge in [0, 0.05) is 37.8 Å². The van der Waals surface area contributed by atoms with Gasteiger partial charge in [0.15, 0.2) is 0 Å². The molecule has 2 heterocycles. The minimum absolute atomic E-state index is 0.0736. The van der Waals surface area contributed by atoms with Crippen molar-refractivity contribution < 1.29 is 15.0 Å². The van der Waals surface area contributed by atoms with Crippen LogP contribution in [0.3, 0.4) is 0 Å². The smallest absolute Gasteiger partial charge is 0.242 e. The Morgan fingerprint density at radius 1 is 1.05 bits per heavy atom. The minimum atomic E-state index is -0.896. The number of piperidine rings is 1. The van der Waals surface area contributed by atoms with Crippen LogP contribution < -0.4 is 10.6 Å². The highest BCUT2D eigenvalue weighted by Gasteiger charge is 2.37. The number of hydrogen-bond donors (Lipinski definition) is 3. The van der Waals surface area contributed by atoms with Gasteiger partial charge < -0.3 is 25.7 Å². The fourth-order valence-electron chi connectivity index (χ4n) is 6.07. The van der Waals surface area contributed by atoms with Crippen LogP contribution in [0.15, 0.2) is 36.4 Å². The molecule has 1 aliphatic carbocycles. The van der Waals surface area contributed by atoms with Crippen molar-refractivity contribution in [1.82, 2.24) is 9.88 Å². The van der Waals surface area contributed by atoms with Crippen molar-refractivity contribution in [3.05, 3.63) is 47.5 Å². The van der Waals surface area contributed by atoms with Crippen molar-refractivity contribution in [3.63, 3.8) is 0 Å². The number of pyridine rings is 1. The molecule has 4 rings (SSSR count). The number of fused-ring (bicyclic) bond motifs is 1. The maximum absolute atomic E-state index is 12.9. The van der Waals surface area contributed by atoms with Gasteiger partial charge in [-0.15, -0.1) is 0 Å². The normalized spacial score (nSPS) is 19.6. The number of nitrogens with zero attached hydrogens (tertiary/aromatic N) is 3. The zero-order valence-corrected chi connectivity index (χ0v) is 23.6. The maximum atomic E-state index is 12.9. The molecule has 0 bridgehead atoms. The summed E-state index contributed by atoms with van der Waals surface area (Å²) in [6.07, 6.45) is 5.38.